The first-order valence-corrected chi connectivity index (χ1v) is 6.51. The van der Waals surface area contributed by atoms with Gasteiger partial charge in [0.15, 0.2) is 18.2 Å². The fourth-order valence-corrected chi connectivity index (χ4v) is 1.66. The van der Waals surface area contributed by atoms with Crippen molar-refractivity contribution in [1.82, 2.24) is 5.43 Å². The van der Waals surface area contributed by atoms with Gasteiger partial charge in [-0.15, -0.1) is 0 Å². The molecule has 114 valence electrons. The second kappa shape index (κ2) is 7.31. The van der Waals surface area contributed by atoms with Gasteiger partial charge in [0.2, 0.25) is 0 Å². The summed E-state index contributed by atoms with van der Waals surface area (Å²) in [6.07, 6.45) is 1.22. The van der Waals surface area contributed by atoms with Crippen molar-refractivity contribution in [3.05, 3.63) is 65.2 Å². The maximum absolute atomic E-state index is 13.0. The number of aryl methyl sites for hydroxylation is 1. The zero-order valence-corrected chi connectivity index (χ0v) is 11.8. The maximum Gasteiger partial charge on any atom is 0.277 e. The number of amides is 1. The van der Waals surface area contributed by atoms with Crippen LogP contribution in [0.25, 0.3) is 0 Å². The van der Waals surface area contributed by atoms with Crippen molar-refractivity contribution < 1.29 is 18.3 Å². The lowest BCUT2D eigenvalue weighted by Crippen LogP contribution is -2.24. The summed E-state index contributed by atoms with van der Waals surface area (Å²) in [4.78, 5) is 11.5. The molecular formula is C16H14F2N2O2. The predicted octanol–water partition coefficient (Wildman–Crippen LogP) is 2.80. The van der Waals surface area contributed by atoms with Crippen LogP contribution in [-0.2, 0) is 4.79 Å². The predicted molar refractivity (Wildman–Crippen MR) is 78.8 cm³/mol. The van der Waals surface area contributed by atoms with Crippen molar-refractivity contribution in [2.24, 2.45) is 5.10 Å². The van der Waals surface area contributed by atoms with Crippen molar-refractivity contribution in [3.8, 4) is 5.75 Å². The van der Waals surface area contributed by atoms with Gasteiger partial charge in [-0.3, -0.25) is 4.79 Å². The molecule has 0 fully saturated rings. The Labute approximate surface area is 126 Å². The molecule has 0 aromatic heterocycles. The van der Waals surface area contributed by atoms with Gasteiger partial charge in [-0.25, -0.2) is 14.2 Å². The minimum atomic E-state index is -0.974. The van der Waals surface area contributed by atoms with Gasteiger partial charge < -0.3 is 4.74 Å². The average Bonchev–Trinajstić information content (AvgIpc) is 2.49. The van der Waals surface area contributed by atoms with E-state index in [-0.39, 0.29) is 6.61 Å². The Bertz CT molecular complexity index is 702. The SMILES string of the molecule is Cc1cccc(OCC(=O)N/N=C\c2ccc(F)c(F)c2)c1. The van der Waals surface area contributed by atoms with Gasteiger partial charge in [0.05, 0.1) is 6.21 Å². The Morgan fingerprint density at radius 1 is 1.23 bits per heavy atom. The number of halogens is 2. The fourth-order valence-electron chi connectivity index (χ4n) is 1.66. The van der Waals surface area contributed by atoms with Gasteiger partial charge in [-0.2, -0.15) is 5.10 Å². The number of carbonyl (C=O) groups is 1. The van der Waals surface area contributed by atoms with E-state index in [0.29, 0.717) is 11.3 Å². The molecular weight excluding hydrogens is 290 g/mol. The number of hydrogen-bond acceptors (Lipinski definition) is 3. The maximum atomic E-state index is 13.0. The number of benzene rings is 2. The fraction of sp³-hybridized carbons (Fsp3) is 0.125. The van der Waals surface area contributed by atoms with Gasteiger partial charge in [0, 0.05) is 0 Å². The van der Waals surface area contributed by atoms with Gasteiger partial charge in [-0.1, -0.05) is 18.2 Å². The second-order valence-corrected chi connectivity index (χ2v) is 4.57. The molecule has 2 rings (SSSR count). The van der Waals surface area contributed by atoms with Crippen LogP contribution in [0.5, 0.6) is 5.75 Å². The van der Waals surface area contributed by atoms with Gasteiger partial charge in [0.25, 0.3) is 5.91 Å². The molecule has 0 saturated heterocycles. The molecule has 0 radical (unpaired) electrons. The third-order valence-corrected chi connectivity index (χ3v) is 2.71. The quantitative estimate of drug-likeness (QED) is 0.682. The van der Waals surface area contributed by atoms with Crippen LogP contribution in [0.2, 0.25) is 0 Å². The van der Waals surface area contributed by atoms with Crippen molar-refractivity contribution >= 4 is 12.1 Å². The van der Waals surface area contributed by atoms with Crippen LogP contribution in [0.4, 0.5) is 8.78 Å². The lowest BCUT2D eigenvalue weighted by atomic mass is 10.2. The summed E-state index contributed by atoms with van der Waals surface area (Å²) in [6, 6.07) is 10.6. The molecule has 0 spiro atoms. The van der Waals surface area contributed by atoms with E-state index < -0.39 is 17.5 Å². The third-order valence-electron chi connectivity index (χ3n) is 2.71. The lowest BCUT2D eigenvalue weighted by Gasteiger charge is -2.05. The number of ether oxygens (including phenoxy) is 1. The molecule has 1 N–H and O–H groups in total. The molecule has 0 aliphatic heterocycles. The molecule has 0 unspecified atom stereocenters. The van der Waals surface area contributed by atoms with Crippen molar-refractivity contribution in [2.45, 2.75) is 6.92 Å². The average molecular weight is 304 g/mol. The molecule has 0 atom stereocenters. The summed E-state index contributed by atoms with van der Waals surface area (Å²) in [5, 5.41) is 3.65. The van der Waals surface area contributed by atoms with E-state index in [4.69, 9.17) is 4.74 Å². The number of nitrogens with one attached hydrogen (secondary N) is 1. The van der Waals surface area contributed by atoms with E-state index in [2.05, 4.69) is 10.5 Å². The third kappa shape index (κ3) is 4.66. The van der Waals surface area contributed by atoms with Crippen molar-refractivity contribution in [2.75, 3.05) is 6.61 Å². The van der Waals surface area contributed by atoms with Crippen LogP contribution in [0.15, 0.2) is 47.6 Å². The standard InChI is InChI=1S/C16H14F2N2O2/c1-11-3-2-4-13(7-11)22-10-16(21)20-19-9-12-5-6-14(17)15(18)8-12/h2-9H,10H2,1H3,(H,20,21)/b19-9-. The molecule has 0 heterocycles. The highest BCUT2D eigenvalue weighted by atomic mass is 19.2. The monoisotopic (exact) mass is 304 g/mol. The highest BCUT2D eigenvalue weighted by molar-refractivity contribution is 5.82. The molecule has 22 heavy (non-hydrogen) atoms. The van der Waals surface area contributed by atoms with E-state index in [1.165, 1.54) is 12.3 Å². The molecule has 0 saturated carbocycles. The zero-order chi connectivity index (χ0) is 15.9. The Morgan fingerprint density at radius 3 is 2.77 bits per heavy atom. The van der Waals surface area contributed by atoms with Gasteiger partial charge in [-0.05, 0) is 42.3 Å². The molecule has 4 nitrogen and oxygen atoms in total. The number of carbonyl (C=O) groups excluding carboxylic acids is 1. The molecule has 0 aliphatic rings. The van der Waals surface area contributed by atoms with E-state index in [9.17, 15) is 13.6 Å². The Kier molecular flexibility index (Phi) is 5.19. The van der Waals surface area contributed by atoms with E-state index in [1.54, 1.807) is 12.1 Å². The van der Waals surface area contributed by atoms with Crippen LogP contribution in [0.3, 0.4) is 0 Å². The van der Waals surface area contributed by atoms with Gasteiger partial charge >= 0.3 is 0 Å². The lowest BCUT2D eigenvalue weighted by molar-refractivity contribution is -0.123. The second-order valence-electron chi connectivity index (χ2n) is 4.57. The Morgan fingerprint density at radius 2 is 2.05 bits per heavy atom. The molecule has 1 amide bonds. The minimum absolute atomic E-state index is 0.196. The van der Waals surface area contributed by atoms with Crippen LogP contribution in [0, 0.1) is 18.6 Å². The first-order valence-electron chi connectivity index (χ1n) is 6.51. The van der Waals surface area contributed by atoms with Crippen molar-refractivity contribution in [1.29, 1.82) is 0 Å². The largest absolute Gasteiger partial charge is 0.484 e. The topological polar surface area (TPSA) is 50.7 Å². The van der Waals surface area contributed by atoms with Gasteiger partial charge in [0.1, 0.15) is 5.75 Å². The van der Waals surface area contributed by atoms with Crippen LogP contribution < -0.4 is 10.2 Å². The first-order chi connectivity index (χ1) is 10.5. The van der Waals surface area contributed by atoms with E-state index >= 15 is 0 Å². The Hall–Kier alpha value is -2.76. The van der Waals surface area contributed by atoms with E-state index in [0.717, 1.165) is 17.7 Å². The summed E-state index contributed by atoms with van der Waals surface area (Å²) in [7, 11) is 0. The summed E-state index contributed by atoms with van der Waals surface area (Å²) in [5.41, 5.74) is 3.59. The summed E-state index contributed by atoms with van der Waals surface area (Å²) >= 11 is 0. The zero-order valence-electron chi connectivity index (χ0n) is 11.8. The van der Waals surface area contributed by atoms with Crippen LogP contribution in [0.1, 0.15) is 11.1 Å². The highest BCUT2D eigenvalue weighted by Crippen LogP contribution is 2.11. The number of rotatable bonds is 5. The smallest absolute Gasteiger partial charge is 0.277 e. The molecule has 2 aromatic rings. The molecule has 0 aliphatic carbocycles. The number of hydrogen-bond donors (Lipinski definition) is 1. The summed E-state index contributed by atoms with van der Waals surface area (Å²) < 4.78 is 31.0. The summed E-state index contributed by atoms with van der Waals surface area (Å²) in [6.45, 7) is 1.72. The first kappa shape index (κ1) is 15.6. The minimum Gasteiger partial charge on any atom is -0.484 e. The Balaban J connectivity index is 1.82. The molecule has 2 aromatic carbocycles. The number of nitrogens with zero attached hydrogens (tertiary/aromatic N) is 1. The summed E-state index contributed by atoms with van der Waals surface area (Å²) in [5.74, 6) is -1.79. The molecule has 0 bridgehead atoms. The molecule has 6 heteroatoms. The van der Waals surface area contributed by atoms with Crippen LogP contribution in [-0.4, -0.2) is 18.7 Å². The highest BCUT2D eigenvalue weighted by Gasteiger charge is 2.02. The number of hydrazone groups is 1. The van der Waals surface area contributed by atoms with Crippen molar-refractivity contribution in [3.63, 3.8) is 0 Å². The van der Waals surface area contributed by atoms with Crippen LogP contribution >= 0.6 is 0 Å². The van der Waals surface area contributed by atoms with E-state index in [1.807, 2.05) is 19.1 Å². The normalized spacial score (nSPS) is 10.7.